The minimum atomic E-state index is -4.33. The average molecular weight is 360 g/mol. The van der Waals surface area contributed by atoms with Crippen molar-refractivity contribution in [3.05, 3.63) is 29.8 Å². The van der Waals surface area contributed by atoms with Gasteiger partial charge in [-0.25, -0.2) is 8.42 Å². The van der Waals surface area contributed by atoms with Crippen LogP contribution in [0.5, 0.6) is 0 Å². The molecule has 0 saturated carbocycles. The van der Waals surface area contributed by atoms with E-state index in [1.165, 1.54) is 82.8 Å². The molecule has 0 fully saturated rings. The van der Waals surface area contributed by atoms with Crippen LogP contribution in [0.3, 0.4) is 0 Å². The van der Waals surface area contributed by atoms with Crippen LogP contribution in [0.1, 0.15) is 89.5 Å². The number of aryl methyl sites for hydroxylation is 1. The smallest absolute Gasteiger partial charge is 0.744 e. The molecular weight excluding hydrogens is 327 g/mol. The van der Waals surface area contributed by atoms with Crippen molar-refractivity contribution in [1.29, 1.82) is 0 Å². The van der Waals surface area contributed by atoms with Gasteiger partial charge in [-0.3, -0.25) is 0 Å². The fraction of sp³-hybridized carbons (Fsp3) is 0.700. The topological polar surface area (TPSA) is 57.2 Å². The Morgan fingerprint density at radius 2 is 1.28 bits per heavy atom. The fourth-order valence-electron chi connectivity index (χ4n) is 3.03. The zero-order valence-electron chi connectivity index (χ0n) is 16.1. The van der Waals surface area contributed by atoms with Gasteiger partial charge in [-0.05, 0) is 30.5 Å². The van der Waals surface area contributed by atoms with Crippen molar-refractivity contribution in [1.82, 2.24) is 0 Å². The number of hydrogen-bond acceptors (Lipinski definition) is 3. The van der Waals surface area contributed by atoms with Gasteiger partial charge in [0.25, 0.3) is 0 Å². The summed E-state index contributed by atoms with van der Waals surface area (Å²) >= 11 is 0. The molecule has 25 heavy (non-hydrogen) atoms. The van der Waals surface area contributed by atoms with Crippen LogP contribution < -0.4 is 18.9 Å². The minimum Gasteiger partial charge on any atom is -0.744 e. The molecule has 0 radical (unpaired) electrons. The number of unbranched alkanes of at least 4 members (excludes halogenated alkanes) is 11. The molecule has 0 bridgehead atoms. The van der Waals surface area contributed by atoms with Crippen LogP contribution >= 0.6 is 0 Å². The van der Waals surface area contributed by atoms with E-state index < -0.39 is 10.1 Å². The van der Waals surface area contributed by atoms with Gasteiger partial charge >= 0.3 is 18.9 Å². The normalized spacial score (nSPS) is 11.3. The third-order valence-electron chi connectivity index (χ3n) is 4.51. The Kier molecular flexibility index (Phi) is 14.7. The zero-order chi connectivity index (χ0) is 17.7. The van der Waals surface area contributed by atoms with Crippen molar-refractivity contribution >= 4 is 10.1 Å². The molecule has 0 heterocycles. The van der Waals surface area contributed by atoms with E-state index in [0.29, 0.717) is 0 Å². The molecule has 1 rings (SSSR count). The summed E-state index contributed by atoms with van der Waals surface area (Å²) in [6, 6.07) is 6.43. The van der Waals surface area contributed by atoms with Crippen molar-refractivity contribution in [2.45, 2.75) is 95.3 Å². The monoisotopic (exact) mass is 360 g/mol. The average Bonchev–Trinajstić information content (AvgIpc) is 2.55. The predicted octanol–water partition coefficient (Wildman–Crippen LogP) is 2.84. The largest absolute Gasteiger partial charge is 1.00 e. The maximum Gasteiger partial charge on any atom is 1.00 e. The van der Waals surface area contributed by atoms with Gasteiger partial charge in [0.15, 0.2) is 0 Å². The van der Waals surface area contributed by atoms with Gasteiger partial charge in [-0.15, -0.1) is 0 Å². The number of benzene rings is 1. The molecule has 3 nitrogen and oxygen atoms in total. The first-order valence-corrected chi connectivity index (χ1v) is 11.0. The van der Waals surface area contributed by atoms with E-state index in [1.54, 1.807) is 6.07 Å². The van der Waals surface area contributed by atoms with E-state index in [0.717, 1.165) is 18.4 Å². The van der Waals surface area contributed by atoms with Crippen LogP contribution in [-0.2, 0) is 16.5 Å². The maximum atomic E-state index is 11.0. The van der Waals surface area contributed by atoms with Gasteiger partial charge in [0, 0.05) is 0 Å². The van der Waals surface area contributed by atoms with Gasteiger partial charge in [0.2, 0.25) is 0 Å². The van der Waals surface area contributed by atoms with Crippen LogP contribution in [0.4, 0.5) is 0 Å². The summed E-state index contributed by atoms with van der Waals surface area (Å²) < 4.78 is 33.0. The van der Waals surface area contributed by atoms with Crippen molar-refractivity contribution in [3.8, 4) is 0 Å². The summed E-state index contributed by atoms with van der Waals surface area (Å²) in [5, 5.41) is 0. The first-order chi connectivity index (χ1) is 11.5. The molecule has 0 spiro atoms. The van der Waals surface area contributed by atoms with Gasteiger partial charge < -0.3 is 4.55 Å². The van der Waals surface area contributed by atoms with Gasteiger partial charge in [-0.2, -0.15) is 0 Å². The van der Waals surface area contributed by atoms with Crippen molar-refractivity contribution in [2.75, 3.05) is 0 Å². The van der Waals surface area contributed by atoms with Crippen LogP contribution in [0.15, 0.2) is 29.2 Å². The van der Waals surface area contributed by atoms with Gasteiger partial charge in [0.05, 0.1) is 4.90 Å². The Morgan fingerprint density at radius 3 is 1.76 bits per heavy atom. The molecule has 1 aromatic rings. The summed E-state index contributed by atoms with van der Waals surface area (Å²) in [5.41, 5.74) is 0.944. The maximum absolute atomic E-state index is 11.0. The van der Waals surface area contributed by atoms with Crippen molar-refractivity contribution in [2.24, 2.45) is 0 Å². The third kappa shape index (κ3) is 12.7. The van der Waals surface area contributed by atoms with E-state index >= 15 is 0 Å². The van der Waals surface area contributed by atoms with Crippen LogP contribution in [0.25, 0.3) is 0 Å². The predicted molar refractivity (Wildman–Crippen MR) is 99.2 cm³/mol. The molecule has 0 aromatic heterocycles. The molecule has 0 amide bonds. The number of hydrogen-bond donors (Lipinski definition) is 0. The summed E-state index contributed by atoms with van der Waals surface area (Å²) in [6.07, 6.45) is 16.6. The van der Waals surface area contributed by atoms with Gasteiger partial charge in [0.1, 0.15) is 10.1 Å². The van der Waals surface area contributed by atoms with E-state index in [2.05, 4.69) is 6.92 Å². The molecule has 138 valence electrons. The summed E-state index contributed by atoms with van der Waals surface area (Å²) in [7, 11) is -4.33. The fourth-order valence-corrected chi connectivity index (χ4v) is 3.57. The molecular formula is C20H33LiO3S. The Hall–Kier alpha value is -0.273. The summed E-state index contributed by atoms with van der Waals surface area (Å²) in [4.78, 5) is -0.112. The molecule has 0 saturated heterocycles. The Labute approximate surface area is 166 Å². The number of rotatable bonds is 14. The minimum absolute atomic E-state index is 0. The Balaban J connectivity index is 0.00000576. The molecule has 5 heteroatoms. The van der Waals surface area contributed by atoms with Crippen molar-refractivity contribution in [3.63, 3.8) is 0 Å². The van der Waals surface area contributed by atoms with Crippen LogP contribution in [0, 0.1) is 0 Å². The first-order valence-electron chi connectivity index (χ1n) is 9.59. The quantitative estimate of drug-likeness (QED) is 0.291. The first kappa shape index (κ1) is 24.7. The second-order valence-electron chi connectivity index (χ2n) is 6.74. The molecule has 0 N–H and O–H groups in total. The molecule has 0 aliphatic rings. The summed E-state index contributed by atoms with van der Waals surface area (Å²) in [5.74, 6) is 0. The zero-order valence-corrected chi connectivity index (χ0v) is 17.0. The Morgan fingerprint density at radius 1 is 0.800 bits per heavy atom. The SMILES string of the molecule is CCCCCCCCCCCCCCc1cccc(S(=O)(=O)[O-])c1.[Li+]. The van der Waals surface area contributed by atoms with E-state index in [1.807, 2.05) is 6.07 Å². The molecule has 0 atom stereocenters. The Bertz CT molecular complexity index is 544. The third-order valence-corrected chi connectivity index (χ3v) is 5.34. The molecule has 0 aliphatic carbocycles. The van der Waals surface area contributed by atoms with Gasteiger partial charge in [-0.1, -0.05) is 89.7 Å². The molecule has 1 aromatic carbocycles. The van der Waals surface area contributed by atoms with E-state index in [-0.39, 0.29) is 23.8 Å². The molecule has 0 unspecified atom stereocenters. The van der Waals surface area contributed by atoms with Crippen molar-refractivity contribution < 1.29 is 31.8 Å². The van der Waals surface area contributed by atoms with E-state index in [4.69, 9.17) is 0 Å². The second-order valence-corrected chi connectivity index (χ2v) is 8.12. The molecule has 0 aliphatic heterocycles. The van der Waals surface area contributed by atoms with Crippen LogP contribution in [0.2, 0.25) is 0 Å². The summed E-state index contributed by atoms with van der Waals surface area (Å²) in [6.45, 7) is 2.25. The van der Waals surface area contributed by atoms with E-state index in [9.17, 15) is 13.0 Å². The van der Waals surface area contributed by atoms with Crippen LogP contribution in [-0.4, -0.2) is 13.0 Å². The second kappa shape index (κ2) is 14.9. The standard InChI is InChI=1S/C20H34O3S.Li/c1-2-3-4-5-6-7-8-9-10-11-12-13-15-19-16-14-17-20(18-19)24(21,22)23;/h14,16-18H,2-13,15H2,1H3,(H,21,22,23);/q;+1/p-1.